The number of aliphatic carboxylic acids is 1. The molecule has 7 nitrogen and oxygen atoms in total. The Morgan fingerprint density at radius 2 is 2.04 bits per heavy atom. The fourth-order valence-corrected chi connectivity index (χ4v) is 2.35. The first-order chi connectivity index (χ1) is 12.1. The van der Waals surface area contributed by atoms with E-state index >= 15 is 0 Å². The van der Waals surface area contributed by atoms with E-state index in [4.69, 9.17) is 14.4 Å². The van der Waals surface area contributed by atoms with Crippen molar-refractivity contribution in [3.05, 3.63) is 47.3 Å². The smallest absolute Gasteiger partial charge is 0.303 e. The maximum Gasteiger partial charge on any atom is 0.303 e. The average Bonchev–Trinajstić information content (AvgIpc) is 3.34. The van der Waals surface area contributed by atoms with Crippen molar-refractivity contribution >= 4 is 11.9 Å². The third-order valence-corrected chi connectivity index (χ3v) is 3.92. The molecule has 0 spiro atoms. The minimum absolute atomic E-state index is 0.0919. The lowest BCUT2D eigenvalue weighted by Gasteiger charge is -2.07. The maximum absolute atomic E-state index is 12.1. The molecular formula is C18H20N2O5. The number of carbonyl (C=O) groups excluding carboxylic acids is 1. The first-order valence-electron chi connectivity index (χ1n) is 8.30. The topological polar surface area (TPSA) is 102 Å². The van der Waals surface area contributed by atoms with Gasteiger partial charge < -0.3 is 19.7 Å². The summed E-state index contributed by atoms with van der Waals surface area (Å²) in [5.74, 6) is 0.799. The van der Waals surface area contributed by atoms with Crippen LogP contribution >= 0.6 is 0 Å². The molecular weight excluding hydrogens is 324 g/mol. The SMILES string of the molecule is O=C(O)CCCOc1ccc(CNC(=O)c2cc(C3CC3)on2)cc1. The van der Waals surface area contributed by atoms with Gasteiger partial charge in [-0.2, -0.15) is 0 Å². The Hall–Kier alpha value is -2.83. The van der Waals surface area contributed by atoms with Crippen molar-refractivity contribution in [2.45, 2.75) is 38.1 Å². The summed E-state index contributed by atoms with van der Waals surface area (Å²) in [6.07, 6.45) is 2.75. The van der Waals surface area contributed by atoms with Crippen LogP contribution in [0.15, 0.2) is 34.9 Å². The highest BCUT2D eigenvalue weighted by atomic mass is 16.5. The molecule has 0 atom stereocenters. The summed E-state index contributed by atoms with van der Waals surface area (Å²) < 4.78 is 10.6. The zero-order chi connectivity index (χ0) is 17.6. The minimum atomic E-state index is -0.828. The molecule has 1 saturated carbocycles. The number of ether oxygens (including phenoxy) is 1. The molecule has 1 aliphatic rings. The first kappa shape index (κ1) is 17.0. The molecule has 25 heavy (non-hydrogen) atoms. The predicted molar refractivity (Wildman–Crippen MR) is 88.5 cm³/mol. The van der Waals surface area contributed by atoms with E-state index < -0.39 is 5.97 Å². The van der Waals surface area contributed by atoms with Crippen LogP contribution in [0.4, 0.5) is 0 Å². The van der Waals surface area contributed by atoms with Gasteiger partial charge in [-0.25, -0.2) is 0 Å². The Kier molecular flexibility index (Phi) is 5.33. The molecule has 1 heterocycles. The van der Waals surface area contributed by atoms with Crippen LogP contribution in [-0.4, -0.2) is 28.7 Å². The third kappa shape index (κ3) is 5.07. The minimum Gasteiger partial charge on any atom is -0.494 e. The van der Waals surface area contributed by atoms with Gasteiger partial charge in [0, 0.05) is 24.9 Å². The molecule has 1 aromatic heterocycles. The Morgan fingerprint density at radius 1 is 1.28 bits per heavy atom. The summed E-state index contributed by atoms with van der Waals surface area (Å²) in [4.78, 5) is 22.5. The molecule has 0 aliphatic heterocycles. The van der Waals surface area contributed by atoms with Gasteiger partial charge in [0.25, 0.3) is 5.91 Å². The summed E-state index contributed by atoms with van der Waals surface area (Å²) >= 11 is 0. The number of nitrogens with one attached hydrogen (secondary N) is 1. The third-order valence-electron chi connectivity index (χ3n) is 3.92. The second kappa shape index (κ2) is 7.83. The lowest BCUT2D eigenvalue weighted by Crippen LogP contribution is -2.23. The van der Waals surface area contributed by atoms with Crippen LogP contribution in [0.3, 0.4) is 0 Å². The number of hydrogen-bond acceptors (Lipinski definition) is 5. The molecule has 0 radical (unpaired) electrons. The second-order valence-electron chi connectivity index (χ2n) is 6.06. The van der Waals surface area contributed by atoms with E-state index in [-0.39, 0.29) is 12.3 Å². The van der Waals surface area contributed by atoms with Gasteiger partial charge in [-0.3, -0.25) is 9.59 Å². The molecule has 132 valence electrons. The zero-order valence-corrected chi connectivity index (χ0v) is 13.7. The van der Waals surface area contributed by atoms with Crippen molar-refractivity contribution in [2.75, 3.05) is 6.61 Å². The highest BCUT2D eigenvalue weighted by molar-refractivity contribution is 5.92. The van der Waals surface area contributed by atoms with Gasteiger partial charge in [0.05, 0.1) is 6.61 Å². The van der Waals surface area contributed by atoms with Gasteiger partial charge in [0.15, 0.2) is 5.69 Å². The normalized spacial score (nSPS) is 13.4. The molecule has 2 aromatic rings. The van der Waals surface area contributed by atoms with Crippen molar-refractivity contribution < 1.29 is 24.0 Å². The summed E-state index contributed by atoms with van der Waals surface area (Å²) in [6, 6.07) is 9.00. The molecule has 7 heteroatoms. The number of aromatic nitrogens is 1. The van der Waals surface area contributed by atoms with Gasteiger partial charge in [0.1, 0.15) is 11.5 Å². The molecule has 2 N–H and O–H groups in total. The van der Waals surface area contributed by atoms with E-state index in [1.54, 1.807) is 18.2 Å². The number of carboxylic acid groups (broad SMARTS) is 1. The Balaban J connectivity index is 1.43. The highest BCUT2D eigenvalue weighted by Gasteiger charge is 2.28. The number of nitrogens with zero attached hydrogens (tertiary/aromatic N) is 1. The van der Waals surface area contributed by atoms with Gasteiger partial charge in [-0.1, -0.05) is 17.3 Å². The van der Waals surface area contributed by atoms with Crippen molar-refractivity contribution in [3.63, 3.8) is 0 Å². The van der Waals surface area contributed by atoms with Crippen LogP contribution in [0.1, 0.15) is 53.4 Å². The Labute approximate surface area is 145 Å². The number of carbonyl (C=O) groups is 2. The van der Waals surface area contributed by atoms with E-state index in [9.17, 15) is 9.59 Å². The van der Waals surface area contributed by atoms with Gasteiger partial charge in [-0.05, 0) is 37.0 Å². The summed E-state index contributed by atoms with van der Waals surface area (Å²) in [5, 5.41) is 15.2. The monoisotopic (exact) mass is 344 g/mol. The number of carboxylic acids is 1. The zero-order valence-electron chi connectivity index (χ0n) is 13.7. The van der Waals surface area contributed by atoms with Crippen LogP contribution in [0, 0.1) is 0 Å². The van der Waals surface area contributed by atoms with E-state index in [0.29, 0.717) is 36.9 Å². The molecule has 3 rings (SSSR count). The predicted octanol–water partition coefficient (Wildman–Crippen LogP) is 2.73. The molecule has 0 unspecified atom stereocenters. The number of amides is 1. The van der Waals surface area contributed by atoms with E-state index in [2.05, 4.69) is 10.5 Å². The summed E-state index contributed by atoms with van der Waals surface area (Å²) in [5.41, 5.74) is 1.23. The standard InChI is InChI=1S/C18H20N2O5/c21-17(22)2-1-9-24-14-7-3-12(4-8-14)11-19-18(23)15-10-16(25-20-15)13-5-6-13/h3-4,7-8,10,13H,1-2,5-6,9,11H2,(H,19,23)(H,21,22). The van der Waals surface area contributed by atoms with Crippen LogP contribution in [0.25, 0.3) is 0 Å². The van der Waals surface area contributed by atoms with E-state index in [1.165, 1.54) is 0 Å². The largest absolute Gasteiger partial charge is 0.494 e. The first-order valence-corrected chi connectivity index (χ1v) is 8.30. The second-order valence-corrected chi connectivity index (χ2v) is 6.06. The van der Waals surface area contributed by atoms with Crippen LogP contribution in [0.2, 0.25) is 0 Å². The molecule has 1 aliphatic carbocycles. The van der Waals surface area contributed by atoms with Crippen LogP contribution in [0.5, 0.6) is 5.75 Å². The quantitative estimate of drug-likeness (QED) is 0.678. The van der Waals surface area contributed by atoms with E-state index in [1.807, 2.05) is 12.1 Å². The lowest BCUT2D eigenvalue weighted by molar-refractivity contribution is -0.137. The lowest BCUT2D eigenvalue weighted by atomic mass is 10.2. The Bertz CT molecular complexity index is 734. The van der Waals surface area contributed by atoms with Crippen molar-refractivity contribution in [1.82, 2.24) is 10.5 Å². The fourth-order valence-electron chi connectivity index (χ4n) is 2.35. The number of benzene rings is 1. The van der Waals surface area contributed by atoms with Gasteiger partial charge in [0.2, 0.25) is 0 Å². The maximum atomic E-state index is 12.1. The Morgan fingerprint density at radius 3 is 2.72 bits per heavy atom. The van der Waals surface area contributed by atoms with Crippen molar-refractivity contribution in [3.8, 4) is 5.75 Å². The van der Waals surface area contributed by atoms with Crippen molar-refractivity contribution in [2.24, 2.45) is 0 Å². The van der Waals surface area contributed by atoms with Crippen LogP contribution in [-0.2, 0) is 11.3 Å². The molecule has 1 amide bonds. The number of hydrogen-bond donors (Lipinski definition) is 2. The average molecular weight is 344 g/mol. The summed E-state index contributed by atoms with van der Waals surface area (Å²) in [6.45, 7) is 0.738. The molecule has 1 fully saturated rings. The molecule has 0 saturated heterocycles. The fraction of sp³-hybridized carbons (Fsp3) is 0.389. The van der Waals surface area contributed by atoms with Crippen molar-refractivity contribution in [1.29, 1.82) is 0 Å². The number of rotatable bonds is 9. The van der Waals surface area contributed by atoms with Crippen LogP contribution < -0.4 is 10.1 Å². The summed E-state index contributed by atoms with van der Waals surface area (Å²) in [7, 11) is 0. The molecule has 0 bridgehead atoms. The molecule has 1 aromatic carbocycles. The van der Waals surface area contributed by atoms with Gasteiger partial charge >= 0.3 is 5.97 Å². The van der Waals surface area contributed by atoms with Gasteiger partial charge in [-0.15, -0.1) is 0 Å². The van der Waals surface area contributed by atoms with E-state index in [0.717, 1.165) is 24.2 Å². The highest BCUT2D eigenvalue weighted by Crippen LogP contribution is 2.40.